The van der Waals surface area contributed by atoms with E-state index in [1.807, 2.05) is 0 Å². The van der Waals surface area contributed by atoms with Crippen LogP contribution in [0.25, 0.3) is 0 Å². The standard InChI is InChI=1S/C49H86O15/c1-3-5-7-9-11-13-15-17-18-20-21-23-25-27-29-31-40(51)59-34-37(62-41(52)32-30-28-26-24-22-19-16-14-12-10-8-6-4-2)35-60-48-47(58)45(56)43(54)39(64-48)36-61-49-46(57)44(55)42(53)38(33-50)63-49/h11,13-14,16-18,37-39,42-50,53-58H,3-10,12,15,19-36H2,1-2H3/b13-11-,16-14+,18-17-/t37-,38+,39+,42-,43-,44-,45-,46+,47+,48+,49-/m0/s1. The van der Waals surface area contributed by atoms with Gasteiger partial charge in [0, 0.05) is 12.8 Å². The number of aliphatic hydroxyl groups excluding tert-OH is 7. The highest BCUT2D eigenvalue weighted by Crippen LogP contribution is 2.26. The number of carbonyl (C=O) groups excluding carboxylic acids is 2. The van der Waals surface area contributed by atoms with Gasteiger partial charge in [-0.1, -0.05) is 121 Å². The number of carbonyl (C=O) groups is 2. The molecule has 0 aromatic heterocycles. The van der Waals surface area contributed by atoms with Crippen LogP contribution in [0.4, 0.5) is 0 Å². The highest BCUT2D eigenvalue weighted by atomic mass is 16.7. The molecule has 0 aromatic carbocycles. The fourth-order valence-corrected chi connectivity index (χ4v) is 7.48. The number of aliphatic hydroxyl groups is 7. The Morgan fingerprint density at radius 3 is 1.50 bits per heavy atom. The summed E-state index contributed by atoms with van der Waals surface area (Å²) >= 11 is 0. The molecule has 0 aromatic rings. The molecular weight excluding hydrogens is 829 g/mol. The minimum atomic E-state index is -1.77. The Kier molecular flexibility index (Phi) is 33.3. The first-order valence-electron chi connectivity index (χ1n) is 24.6. The van der Waals surface area contributed by atoms with Crippen LogP contribution in [0.5, 0.6) is 0 Å². The lowest BCUT2D eigenvalue weighted by atomic mass is 9.98. The van der Waals surface area contributed by atoms with Gasteiger partial charge in [0.15, 0.2) is 18.7 Å². The van der Waals surface area contributed by atoms with E-state index >= 15 is 0 Å². The van der Waals surface area contributed by atoms with Gasteiger partial charge in [-0.3, -0.25) is 9.59 Å². The molecule has 15 heteroatoms. The lowest BCUT2D eigenvalue weighted by Crippen LogP contribution is -2.61. The third-order valence-corrected chi connectivity index (χ3v) is 11.6. The van der Waals surface area contributed by atoms with Gasteiger partial charge in [0.1, 0.15) is 55.4 Å². The molecule has 2 saturated heterocycles. The number of unbranched alkanes of at least 4 members (excludes halogenated alkanes) is 17. The molecule has 2 heterocycles. The Bertz CT molecular complexity index is 1260. The van der Waals surface area contributed by atoms with E-state index in [-0.39, 0.29) is 26.1 Å². The van der Waals surface area contributed by atoms with Gasteiger partial charge in [0.25, 0.3) is 0 Å². The molecular formula is C49H86O15. The molecule has 7 N–H and O–H groups in total. The average molecular weight is 915 g/mol. The van der Waals surface area contributed by atoms with Crippen LogP contribution in [-0.2, 0) is 38.0 Å². The molecule has 2 rings (SSSR count). The molecule has 0 saturated carbocycles. The van der Waals surface area contributed by atoms with Crippen molar-refractivity contribution in [1.82, 2.24) is 0 Å². The van der Waals surface area contributed by atoms with Crippen molar-refractivity contribution in [3.63, 3.8) is 0 Å². The van der Waals surface area contributed by atoms with Crippen LogP contribution in [0, 0.1) is 0 Å². The third kappa shape index (κ3) is 25.0. The second kappa shape index (κ2) is 36.8. The van der Waals surface area contributed by atoms with Gasteiger partial charge < -0.3 is 64.2 Å². The Hall–Kier alpha value is -2.28. The monoisotopic (exact) mass is 915 g/mol. The van der Waals surface area contributed by atoms with Crippen molar-refractivity contribution in [3.05, 3.63) is 36.5 Å². The van der Waals surface area contributed by atoms with Gasteiger partial charge in [-0.2, -0.15) is 0 Å². The Morgan fingerprint density at radius 2 is 0.938 bits per heavy atom. The zero-order valence-electron chi connectivity index (χ0n) is 39.0. The fraction of sp³-hybridized carbons (Fsp3) is 0.837. The predicted molar refractivity (Wildman–Crippen MR) is 243 cm³/mol. The van der Waals surface area contributed by atoms with E-state index in [1.165, 1.54) is 44.9 Å². The summed E-state index contributed by atoms with van der Waals surface area (Å²) in [6.45, 7) is 2.51. The predicted octanol–water partition coefficient (Wildman–Crippen LogP) is 6.15. The Morgan fingerprint density at radius 1 is 0.500 bits per heavy atom. The zero-order chi connectivity index (χ0) is 46.8. The largest absolute Gasteiger partial charge is 0.462 e. The number of hydrogen-bond acceptors (Lipinski definition) is 15. The van der Waals surface area contributed by atoms with Crippen LogP contribution in [0.3, 0.4) is 0 Å². The first-order chi connectivity index (χ1) is 31.0. The maximum atomic E-state index is 13.0. The van der Waals surface area contributed by atoms with Crippen molar-refractivity contribution in [1.29, 1.82) is 0 Å². The van der Waals surface area contributed by atoms with Crippen molar-refractivity contribution in [2.75, 3.05) is 26.4 Å². The smallest absolute Gasteiger partial charge is 0.306 e. The normalized spacial score (nSPS) is 26.9. The van der Waals surface area contributed by atoms with E-state index in [9.17, 15) is 45.3 Å². The van der Waals surface area contributed by atoms with Gasteiger partial charge in [-0.05, 0) is 70.6 Å². The maximum Gasteiger partial charge on any atom is 0.306 e. The number of hydrogen-bond donors (Lipinski definition) is 7. The summed E-state index contributed by atoms with van der Waals surface area (Å²) in [6, 6.07) is 0. The molecule has 0 aliphatic carbocycles. The Labute approximate surface area is 383 Å². The average Bonchev–Trinajstić information content (AvgIpc) is 3.29. The Balaban J connectivity index is 1.84. The first kappa shape index (κ1) is 57.8. The molecule has 0 bridgehead atoms. The van der Waals surface area contributed by atoms with Crippen molar-refractivity contribution in [2.24, 2.45) is 0 Å². The molecule has 64 heavy (non-hydrogen) atoms. The molecule has 2 fully saturated rings. The first-order valence-corrected chi connectivity index (χ1v) is 24.6. The van der Waals surface area contributed by atoms with Gasteiger partial charge in [-0.15, -0.1) is 0 Å². The van der Waals surface area contributed by atoms with Crippen molar-refractivity contribution in [3.8, 4) is 0 Å². The second-order valence-corrected chi connectivity index (χ2v) is 17.3. The van der Waals surface area contributed by atoms with Crippen molar-refractivity contribution < 1.29 is 73.8 Å². The van der Waals surface area contributed by atoms with Gasteiger partial charge in [0.05, 0.1) is 19.8 Å². The molecule has 11 atom stereocenters. The van der Waals surface area contributed by atoms with E-state index in [0.717, 1.165) is 83.5 Å². The number of esters is 2. The zero-order valence-corrected chi connectivity index (χ0v) is 39.0. The molecule has 0 spiro atoms. The highest BCUT2D eigenvalue weighted by molar-refractivity contribution is 5.70. The summed E-state index contributed by atoms with van der Waals surface area (Å²) in [5.41, 5.74) is 0. The summed E-state index contributed by atoms with van der Waals surface area (Å²) in [7, 11) is 0. The van der Waals surface area contributed by atoms with Crippen LogP contribution >= 0.6 is 0 Å². The van der Waals surface area contributed by atoms with Crippen LogP contribution < -0.4 is 0 Å². The molecule has 0 unspecified atom stereocenters. The topological polar surface area (TPSA) is 231 Å². The minimum absolute atomic E-state index is 0.152. The maximum absolute atomic E-state index is 13.0. The summed E-state index contributed by atoms with van der Waals surface area (Å²) in [5, 5.41) is 72.0. The lowest BCUT2D eigenvalue weighted by Gasteiger charge is -2.42. The van der Waals surface area contributed by atoms with Crippen molar-refractivity contribution >= 4 is 11.9 Å². The van der Waals surface area contributed by atoms with Gasteiger partial charge >= 0.3 is 11.9 Å². The lowest BCUT2D eigenvalue weighted by molar-refractivity contribution is -0.332. The molecule has 2 aliphatic heterocycles. The number of ether oxygens (including phenoxy) is 6. The van der Waals surface area contributed by atoms with Gasteiger partial charge in [0.2, 0.25) is 0 Å². The van der Waals surface area contributed by atoms with E-state index < -0.39 is 92.7 Å². The molecule has 15 nitrogen and oxygen atoms in total. The minimum Gasteiger partial charge on any atom is -0.462 e. The number of allylic oxidation sites excluding steroid dienone is 6. The van der Waals surface area contributed by atoms with Crippen molar-refractivity contribution in [2.45, 2.75) is 235 Å². The van der Waals surface area contributed by atoms with Crippen LogP contribution in [0.1, 0.15) is 168 Å². The van der Waals surface area contributed by atoms with E-state index in [1.54, 1.807) is 0 Å². The quantitative estimate of drug-likeness (QED) is 0.0211. The highest BCUT2D eigenvalue weighted by Gasteiger charge is 2.47. The second-order valence-electron chi connectivity index (χ2n) is 17.3. The fourth-order valence-electron chi connectivity index (χ4n) is 7.48. The van der Waals surface area contributed by atoms with Crippen LogP contribution in [0.15, 0.2) is 36.5 Å². The van der Waals surface area contributed by atoms with E-state index in [2.05, 4.69) is 50.3 Å². The summed E-state index contributed by atoms with van der Waals surface area (Å²) in [6.07, 6.45) is 20.3. The van der Waals surface area contributed by atoms with Gasteiger partial charge in [-0.25, -0.2) is 0 Å². The SMILES string of the molecule is CCCCC/C=C\C/C=C\CCCCCCCC(=O)OC[C@@H](CO[C@@H]1O[C@H](CO[C@H]2O[C@H](CO)[C@H](O)[C@H](O)[C@H]2O)[C@H](O)[C@H](O)[C@H]1O)OC(=O)CCCCCCC/C=C/CCCCCC. The molecule has 372 valence electrons. The summed E-state index contributed by atoms with van der Waals surface area (Å²) in [5.74, 6) is -0.952. The summed E-state index contributed by atoms with van der Waals surface area (Å²) in [4.78, 5) is 25.7. The van der Waals surface area contributed by atoms with Crippen LogP contribution in [-0.4, -0.2) is 142 Å². The van der Waals surface area contributed by atoms with Crippen LogP contribution in [0.2, 0.25) is 0 Å². The molecule has 0 amide bonds. The third-order valence-electron chi connectivity index (χ3n) is 11.6. The van der Waals surface area contributed by atoms with E-state index in [4.69, 9.17) is 28.4 Å². The summed E-state index contributed by atoms with van der Waals surface area (Å²) < 4.78 is 33.5. The molecule has 2 aliphatic rings. The molecule has 0 radical (unpaired) electrons. The number of rotatable bonds is 37. The van der Waals surface area contributed by atoms with E-state index in [0.29, 0.717) is 12.8 Å².